The molecule has 106 valence electrons. The molecule has 0 saturated carbocycles. The van der Waals surface area contributed by atoms with Gasteiger partial charge in [-0.3, -0.25) is 0 Å². The Morgan fingerprint density at radius 3 is 2.45 bits per heavy atom. The van der Waals surface area contributed by atoms with Crippen LogP contribution in [-0.4, -0.2) is 14.2 Å². The van der Waals surface area contributed by atoms with E-state index in [1.165, 1.54) is 16.7 Å². The van der Waals surface area contributed by atoms with Crippen LogP contribution in [0.5, 0.6) is 5.75 Å². The first-order valence-electron chi connectivity index (χ1n) is 6.70. The Balaban J connectivity index is 2.26. The standard InChI is InChI=1S/C17H20ClNO/c1-12-4-9-17(20-3)14(10-12)11-16(19-2)13-5-7-15(18)8-6-13/h4-10,16,19H,11H2,1-3H3. The van der Waals surface area contributed by atoms with Crippen molar-refractivity contribution in [2.45, 2.75) is 19.4 Å². The highest BCUT2D eigenvalue weighted by atomic mass is 35.5. The highest BCUT2D eigenvalue weighted by molar-refractivity contribution is 6.30. The predicted molar refractivity (Wildman–Crippen MR) is 84.7 cm³/mol. The molecular formula is C17H20ClNO. The fourth-order valence-corrected chi connectivity index (χ4v) is 2.49. The second-order valence-electron chi connectivity index (χ2n) is 4.91. The van der Waals surface area contributed by atoms with Gasteiger partial charge in [-0.05, 0) is 49.7 Å². The number of hydrogen-bond donors (Lipinski definition) is 1. The molecule has 0 bridgehead atoms. The van der Waals surface area contributed by atoms with E-state index < -0.39 is 0 Å². The van der Waals surface area contributed by atoms with Gasteiger partial charge in [0, 0.05) is 11.1 Å². The van der Waals surface area contributed by atoms with Crippen LogP contribution in [0.1, 0.15) is 22.7 Å². The molecule has 0 amide bonds. The minimum absolute atomic E-state index is 0.239. The molecule has 0 aliphatic carbocycles. The molecular weight excluding hydrogens is 270 g/mol. The van der Waals surface area contributed by atoms with E-state index in [-0.39, 0.29) is 6.04 Å². The first kappa shape index (κ1) is 14.9. The van der Waals surface area contributed by atoms with Gasteiger partial charge in [0.15, 0.2) is 0 Å². The van der Waals surface area contributed by atoms with Crippen molar-refractivity contribution in [3.05, 3.63) is 64.2 Å². The molecule has 0 heterocycles. The molecule has 0 aliphatic heterocycles. The van der Waals surface area contributed by atoms with Crippen molar-refractivity contribution in [2.24, 2.45) is 0 Å². The molecule has 2 rings (SSSR count). The summed E-state index contributed by atoms with van der Waals surface area (Å²) in [7, 11) is 3.69. The first-order valence-corrected chi connectivity index (χ1v) is 7.08. The Bertz CT molecular complexity index is 566. The highest BCUT2D eigenvalue weighted by Crippen LogP contribution is 2.26. The first-order chi connectivity index (χ1) is 9.63. The number of halogens is 1. The summed E-state index contributed by atoms with van der Waals surface area (Å²) < 4.78 is 5.45. The average Bonchev–Trinajstić information content (AvgIpc) is 2.46. The topological polar surface area (TPSA) is 21.3 Å². The van der Waals surface area contributed by atoms with Gasteiger partial charge in [0.05, 0.1) is 7.11 Å². The third-order valence-electron chi connectivity index (χ3n) is 3.48. The van der Waals surface area contributed by atoms with E-state index in [4.69, 9.17) is 16.3 Å². The van der Waals surface area contributed by atoms with E-state index >= 15 is 0 Å². The summed E-state index contributed by atoms with van der Waals surface area (Å²) in [5.41, 5.74) is 3.68. The maximum absolute atomic E-state index is 5.95. The molecule has 20 heavy (non-hydrogen) atoms. The lowest BCUT2D eigenvalue weighted by molar-refractivity contribution is 0.406. The lowest BCUT2D eigenvalue weighted by Crippen LogP contribution is -2.19. The fourth-order valence-electron chi connectivity index (χ4n) is 2.37. The van der Waals surface area contributed by atoms with Crippen LogP contribution in [0.25, 0.3) is 0 Å². The smallest absolute Gasteiger partial charge is 0.122 e. The second-order valence-corrected chi connectivity index (χ2v) is 5.35. The zero-order valence-electron chi connectivity index (χ0n) is 12.1. The Morgan fingerprint density at radius 2 is 1.85 bits per heavy atom. The van der Waals surface area contributed by atoms with E-state index in [1.54, 1.807) is 7.11 Å². The average molecular weight is 290 g/mol. The van der Waals surface area contributed by atoms with Crippen molar-refractivity contribution in [2.75, 3.05) is 14.2 Å². The quantitative estimate of drug-likeness (QED) is 0.892. The number of aryl methyl sites for hydroxylation is 1. The van der Waals surface area contributed by atoms with Crippen LogP contribution in [0.3, 0.4) is 0 Å². The second kappa shape index (κ2) is 6.78. The molecule has 0 spiro atoms. The van der Waals surface area contributed by atoms with E-state index in [2.05, 4.69) is 36.5 Å². The summed E-state index contributed by atoms with van der Waals surface area (Å²) >= 11 is 5.95. The summed E-state index contributed by atoms with van der Waals surface area (Å²) in [4.78, 5) is 0. The van der Waals surface area contributed by atoms with E-state index in [0.717, 1.165) is 17.2 Å². The van der Waals surface area contributed by atoms with Crippen LogP contribution in [0.4, 0.5) is 0 Å². The zero-order chi connectivity index (χ0) is 14.5. The van der Waals surface area contributed by atoms with Gasteiger partial charge in [0.2, 0.25) is 0 Å². The largest absolute Gasteiger partial charge is 0.496 e. The normalized spacial score (nSPS) is 12.2. The van der Waals surface area contributed by atoms with Gasteiger partial charge >= 0.3 is 0 Å². The van der Waals surface area contributed by atoms with Gasteiger partial charge in [-0.2, -0.15) is 0 Å². The third kappa shape index (κ3) is 3.53. The third-order valence-corrected chi connectivity index (χ3v) is 3.73. The number of ether oxygens (including phenoxy) is 1. The molecule has 1 unspecified atom stereocenters. The molecule has 3 heteroatoms. The predicted octanol–water partition coefficient (Wildman–Crippen LogP) is 4.16. The molecule has 1 N–H and O–H groups in total. The Morgan fingerprint density at radius 1 is 1.15 bits per heavy atom. The minimum atomic E-state index is 0.239. The van der Waals surface area contributed by atoms with Crippen molar-refractivity contribution < 1.29 is 4.74 Å². The van der Waals surface area contributed by atoms with Gasteiger partial charge in [-0.25, -0.2) is 0 Å². The van der Waals surface area contributed by atoms with Crippen LogP contribution in [0, 0.1) is 6.92 Å². The number of rotatable bonds is 5. The minimum Gasteiger partial charge on any atom is -0.496 e. The lowest BCUT2D eigenvalue weighted by Gasteiger charge is -2.19. The summed E-state index contributed by atoms with van der Waals surface area (Å²) in [5, 5.41) is 4.12. The van der Waals surface area contributed by atoms with Crippen molar-refractivity contribution in [1.82, 2.24) is 5.32 Å². The Labute approximate surface area is 125 Å². The molecule has 2 aromatic rings. The maximum atomic E-state index is 5.95. The van der Waals surface area contributed by atoms with E-state index in [9.17, 15) is 0 Å². The van der Waals surface area contributed by atoms with E-state index in [1.807, 2.05) is 25.2 Å². The highest BCUT2D eigenvalue weighted by Gasteiger charge is 2.13. The number of benzene rings is 2. The van der Waals surface area contributed by atoms with Gasteiger partial charge in [-0.1, -0.05) is 41.4 Å². The summed E-state index contributed by atoms with van der Waals surface area (Å²) in [5.74, 6) is 0.935. The van der Waals surface area contributed by atoms with E-state index in [0.29, 0.717) is 0 Å². The summed E-state index contributed by atoms with van der Waals surface area (Å²) in [6.45, 7) is 2.10. The van der Waals surface area contributed by atoms with Gasteiger partial charge in [-0.15, -0.1) is 0 Å². The summed E-state index contributed by atoms with van der Waals surface area (Å²) in [6, 6.07) is 14.5. The molecule has 2 aromatic carbocycles. The van der Waals surface area contributed by atoms with Crippen LogP contribution < -0.4 is 10.1 Å². The Hall–Kier alpha value is -1.51. The maximum Gasteiger partial charge on any atom is 0.122 e. The number of methoxy groups -OCH3 is 1. The SMILES string of the molecule is CNC(Cc1cc(C)ccc1OC)c1ccc(Cl)cc1. The zero-order valence-corrected chi connectivity index (χ0v) is 12.9. The summed E-state index contributed by atoms with van der Waals surface area (Å²) in [6.07, 6.45) is 0.878. The fraction of sp³-hybridized carbons (Fsp3) is 0.294. The van der Waals surface area contributed by atoms with Crippen LogP contribution in [0.15, 0.2) is 42.5 Å². The number of likely N-dealkylation sites (N-methyl/N-ethyl adjacent to an activating group) is 1. The van der Waals surface area contributed by atoms with Gasteiger partial charge in [0.25, 0.3) is 0 Å². The monoisotopic (exact) mass is 289 g/mol. The van der Waals surface area contributed by atoms with Crippen LogP contribution in [-0.2, 0) is 6.42 Å². The molecule has 0 aliphatic rings. The molecule has 0 aromatic heterocycles. The number of nitrogens with one attached hydrogen (secondary N) is 1. The van der Waals surface area contributed by atoms with Crippen molar-refractivity contribution in [1.29, 1.82) is 0 Å². The van der Waals surface area contributed by atoms with Gasteiger partial charge in [0.1, 0.15) is 5.75 Å². The van der Waals surface area contributed by atoms with Crippen LogP contribution in [0.2, 0.25) is 5.02 Å². The van der Waals surface area contributed by atoms with Gasteiger partial charge < -0.3 is 10.1 Å². The Kier molecular flexibility index (Phi) is 5.05. The molecule has 0 radical (unpaired) electrons. The van der Waals surface area contributed by atoms with Crippen molar-refractivity contribution in [3.63, 3.8) is 0 Å². The molecule has 2 nitrogen and oxygen atoms in total. The number of hydrogen-bond acceptors (Lipinski definition) is 2. The molecule has 0 fully saturated rings. The molecule has 1 atom stereocenters. The van der Waals surface area contributed by atoms with Crippen molar-refractivity contribution >= 4 is 11.6 Å². The van der Waals surface area contributed by atoms with Crippen molar-refractivity contribution in [3.8, 4) is 5.75 Å². The van der Waals surface area contributed by atoms with Crippen LogP contribution >= 0.6 is 11.6 Å². The molecule has 0 saturated heterocycles. The lowest BCUT2D eigenvalue weighted by atomic mass is 9.97.